The van der Waals surface area contributed by atoms with Gasteiger partial charge in [-0.05, 0) is 36.1 Å². The van der Waals surface area contributed by atoms with E-state index in [0.29, 0.717) is 6.79 Å². The van der Waals surface area contributed by atoms with Crippen molar-refractivity contribution in [1.82, 2.24) is 5.32 Å². The summed E-state index contributed by atoms with van der Waals surface area (Å²) in [5.74, 6) is 1.68. The number of ether oxygens (including phenoxy) is 2. The predicted octanol–water partition coefficient (Wildman–Crippen LogP) is 1.88. The van der Waals surface area contributed by atoms with Gasteiger partial charge in [-0.15, -0.1) is 0 Å². The van der Waals surface area contributed by atoms with Crippen LogP contribution in [0.25, 0.3) is 0 Å². The Kier molecular flexibility index (Phi) is 4.09. The molecule has 4 nitrogen and oxygen atoms in total. The lowest BCUT2D eigenvalue weighted by Gasteiger charge is -2.24. The molecule has 0 aliphatic carbocycles. The van der Waals surface area contributed by atoms with Gasteiger partial charge in [0.25, 0.3) is 0 Å². The molecule has 1 heterocycles. The normalized spacial score (nSPS) is 13.9. The Bertz CT molecular complexity index is 405. The molecule has 1 aromatic rings. The van der Waals surface area contributed by atoms with Crippen molar-refractivity contribution in [2.24, 2.45) is 11.1 Å². The van der Waals surface area contributed by atoms with E-state index < -0.39 is 0 Å². The Balaban J connectivity index is 1.84. The molecule has 100 valence electrons. The molecule has 0 radical (unpaired) electrons. The highest BCUT2D eigenvalue weighted by Crippen LogP contribution is 2.32. The van der Waals surface area contributed by atoms with Crippen LogP contribution in [0.5, 0.6) is 11.5 Å². The summed E-state index contributed by atoms with van der Waals surface area (Å²) in [5, 5.41) is 3.47. The van der Waals surface area contributed by atoms with Gasteiger partial charge in [-0.1, -0.05) is 19.9 Å². The summed E-state index contributed by atoms with van der Waals surface area (Å²) in [5.41, 5.74) is 7.05. The molecule has 0 bridgehead atoms. The van der Waals surface area contributed by atoms with Gasteiger partial charge in [0.15, 0.2) is 11.5 Å². The quantitative estimate of drug-likeness (QED) is 0.809. The number of hydrogen-bond acceptors (Lipinski definition) is 4. The highest BCUT2D eigenvalue weighted by molar-refractivity contribution is 5.44. The van der Waals surface area contributed by atoms with E-state index in [1.165, 1.54) is 5.56 Å². The third-order valence-electron chi connectivity index (χ3n) is 3.19. The number of fused-ring (bicyclic) bond motifs is 1. The summed E-state index contributed by atoms with van der Waals surface area (Å²) >= 11 is 0. The predicted molar refractivity (Wildman–Crippen MR) is 71.7 cm³/mol. The summed E-state index contributed by atoms with van der Waals surface area (Å²) in [6.45, 7) is 7.32. The van der Waals surface area contributed by atoms with Crippen LogP contribution in [0.3, 0.4) is 0 Å². The fourth-order valence-electron chi connectivity index (χ4n) is 2.08. The molecular formula is C14H22N2O2. The van der Waals surface area contributed by atoms with Crippen molar-refractivity contribution in [2.45, 2.75) is 26.8 Å². The zero-order chi connectivity index (χ0) is 13.0. The van der Waals surface area contributed by atoms with Crippen molar-refractivity contribution < 1.29 is 9.47 Å². The summed E-state index contributed by atoms with van der Waals surface area (Å²) in [4.78, 5) is 0. The lowest BCUT2D eigenvalue weighted by molar-refractivity contribution is 0.174. The number of nitrogens with one attached hydrogen (secondary N) is 1. The monoisotopic (exact) mass is 250 g/mol. The first-order valence-corrected chi connectivity index (χ1v) is 6.40. The van der Waals surface area contributed by atoms with Crippen molar-refractivity contribution in [1.29, 1.82) is 0 Å². The van der Waals surface area contributed by atoms with Gasteiger partial charge in [0.1, 0.15) is 0 Å². The molecule has 3 N–H and O–H groups in total. The largest absolute Gasteiger partial charge is 0.454 e. The molecule has 0 saturated heterocycles. The highest BCUT2D eigenvalue weighted by Gasteiger charge is 2.16. The van der Waals surface area contributed by atoms with Crippen LogP contribution in [0.4, 0.5) is 0 Å². The summed E-state index contributed by atoms with van der Waals surface area (Å²) in [6.07, 6.45) is 1.03. The smallest absolute Gasteiger partial charge is 0.231 e. The van der Waals surface area contributed by atoms with Crippen LogP contribution in [0.15, 0.2) is 18.2 Å². The van der Waals surface area contributed by atoms with E-state index in [9.17, 15) is 0 Å². The average molecular weight is 250 g/mol. The lowest BCUT2D eigenvalue weighted by Crippen LogP contribution is -2.30. The maximum atomic E-state index is 5.60. The van der Waals surface area contributed by atoms with Crippen molar-refractivity contribution in [3.8, 4) is 11.5 Å². The second-order valence-electron chi connectivity index (χ2n) is 5.49. The molecule has 4 heteroatoms. The van der Waals surface area contributed by atoms with E-state index in [4.69, 9.17) is 15.2 Å². The van der Waals surface area contributed by atoms with Crippen LogP contribution in [-0.4, -0.2) is 19.9 Å². The van der Waals surface area contributed by atoms with E-state index in [-0.39, 0.29) is 5.41 Å². The number of nitrogens with two attached hydrogens (primary N) is 1. The van der Waals surface area contributed by atoms with E-state index in [0.717, 1.165) is 37.6 Å². The molecular weight excluding hydrogens is 228 g/mol. The Morgan fingerprint density at radius 2 is 2.06 bits per heavy atom. The fraction of sp³-hybridized carbons (Fsp3) is 0.571. The minimum Gasteiger partial charge on any atom is -0.454 e. The van der Waals surface area contributed by atoms with Gasteiger partial charge in [0.05, 0.1) is 0 Å². The molecule has 0 saturated carbocycles. The van der Waals surface area contributed by atoms with Crippen LogP contribution >= 0.6 is 0 Å². The molecule has 0 atom stereocenters. The summed E-state index contributed by atoms with van der Waals surface area (Å²) in [6, 6.07) is 6.06. The number of hydrogen-bond donors (Lipinski definition) is 2. The molecule has 1 aromatic carbocycles. The van der Waals surface area contributed by atoms with Gasteiger partial charge in [-0.2, -0.15) is 0 Å². The Morgan fingerprint density at radius 3 is 2.83 bits per heavy atom. The topological polar surface area (TPSA) is 56.5 Å². The van der Waals surface area contributed by atoms with Gasteiger partial charge < -0.3 is 20.5 Å². The van der Waals surface area contributed by atoms with E-state index in [1.807, 2.05) is 12.1 Å². The standard InChI is InChI=1S/C14H22N2O2/c1-14(2,5-6-15)9-16-8-11-3-4-12-13(7-11)18-10-17-12/h3-4,7,16H,5-6,8-10,15H2,1-2H3. The molecule has 0 spiro atoms. The van der Waals surface area contributed by atoms with Crippen LogP contribution in [0.1, 0.15) is 25.8 Å². The molecule has 18 heavy (non-hydrogen) atoms. The van der Waals surface area contributed by atoms with Crippen molar-refractivity contribution in [3.63, 3.8) is 0 Å². The number of rotatable bonds is 6. The van der Waals surface area contributed by atoms with Crippen molar-refractivity contribution >= 4 is 0 Å². The van der Waals surface area contributed by atoms with Gasteiger partial charge in [-0.3, -0.25) is 0 Å². The molecule has 1 aliphatic rings. The third kappa shape index (κ3) is 3.37. The van der Waals surface area contributed by atoms with E-state index >= 15 is 0 Å². The highest BCUT2D eigenvalue weighted by atomic mass is 16.7. The molecule has 0 amide bonds. The van der Waals surface area contributed by atoms with E-state index in [2.05, 4.69) is 25.2 Å². The Hall–Kier alpha value is -1.26. The third-order valence-corrected chi connectivity index (χ3v) is 3.19. The SMILES string of the molecule is CC(C)(CCN)CNCc1ccc2c(c1)OCO2. The van der Waals surface area contributed by atoms with Gasteiger partial charge >= 0.3 is 0 Å². The molecule has 0 unspecified atom stereocenters. The molecule has 0 aromatic heterocycles. The molecule has 2 rings (SSSR count). The van der Waals surface area contributed by atoms with Crippen LogP contribution in [0, 0.1) is 5.41 Å². The molecule has 1 aliphatic heterocycles. The Morgan fingerprint density at radius 1 is 1.28 bits per heavy atom. The average Bonchev–Trinajstić information content (AvgIpc) is 2.75. The lowest BCUT2D eigenvalue weighted by atomic mass is 9.89. The van der Waals surface area contributed by atoms with Gasteiger partial charge in [0, 0.05) is 13.1 Å². The van der Waals surface area contributed by atoms with Crippen LogP contribution in [-0.2, 0) is 6.54 Å². The second-order valence-corrected chi connectivity index (χ2v) is 5.49. The molecule has 0 fully saturated rings. The first kappa shape index (κ1) is 13.2. The van der Waals surface area contributed by atoms with Crippen molar-refractivity contribution in [3.05, 3.63) is 23.8 Å². The minimum atomic E-state index is 0.241. The zero-order valence-corrected chi connectivity index (χ0v) is 11.2. The van der Waals surface area contributed by atoms with Gasteiger partial charge in [0.2, 0.25) is 6.79 Å². The first-order valence-electron chi connectivity index (χ1n) is 6.40. The Labute approximate surface area is 108 Å². The fourth-order valence-corrected chi connectivity index (χ4v) is 2.08. The summed E-state index contributed by atoms with van der Waals surface area (Å²) < 4.78 is 10.6. The second kappa shape index (κ2) is 5.59. The maximum absolute atomic E-state index is 5.60. The first-order chi connectivity index (χ1) is 8.61. The van der Waals surface area contributed by atoms with Gasteiger partial charge in [-0.25, -0.2) is 0 Å². The van der Waals surface area contributed by atoms with Crippen LogP contribution < -0.4 is 20.5 Å². The number of benzene rings is 1. The maximum Gasteiger partial charge on any atom is 0.231 e. The zero-order valence-electron chi connectivity index (χ0n) is 11.2. The van der Waals surface area contributed by atoms with E-state index in [1.54, 1.807) is 0 Å². The van der Waals surface area contributed by atoms with Crippen LogP contribution in [0.2, 0.25) is 0 Å². The summed E-state index contributed by atoms with van der Waals surface area (Å²) in [7, 11) is 0. The van der Waals surface area contributed by atoms with Crippen molar-refractivity contribution in [2.75, 3.05) is 19.9 Å². The minimum absolute atomic E-state index is 0.241.